The highest BCUT2D eigenvalue weighted by atomic mass is 32.2. The molecule has 1 N–H and O–H groups in total. The quantitative estimate of drug-likeness (QED) is 0.654. The Bertz CT molecular complexity index is 829. The van der Waals surface area contributed by atoms with Gasteiger partial charge >= 0.3 is 5.97 Å². The van der Waals surface area contributed by atoms with Gasteiger partial charge in [-0.25, -0.2) is 8.42 Å². The van der Waals surface area contributed by atoms with Crippen LogP contribution in [0.4, 0.5) is 0 Å². The summed E-state index contributed by atoms with van der Waals surface area (Å²) in [6.45, 7) is 5.74. The molecule has 9 nitrogen and oxygen atoms in total. The molecule has 28 heavy (non-hydrogen) atoms. The molecule has 1 fully saturated rings. The highest BCUT2D eigenvalue weighted by Crippen LogP contribution is 2.10. The van der Waals surface area contributed by atoms with E-state index in [0.717, 1.165) is 5.56 Å². The SMILES string of the molecule is CC(=O)N1CCN(C(=O)C(C)OC(=O)CNS(=O)(=O)c2ccc(C)cc2)CC1. The van der Waals surface area contributed by atoms with Gasteiger partial charge in [-0.15, -0.1) is 0 Å². The zero-order chi connectivity index (χ0) is 20.9. The topological polar surface area (TPSA) is 113 Å². The maximum absolute atomic E-state index is 12.4. The highest BCUT2D eigenvalue weighted by molar-refractivity contribution is 7.89. The molecule has 2 amide bonds. The van der Waals surface area contributed by atoms with Crippen molar-refractivity contribution in [3.05, 3.63) is 29.8 Å². The minimum absolute atomic E-state index is 0.0402. The monoisotopic (exact) mass is 411 g/mol. The summed E-state index contributed by atoms with van der Waals surface area (Å²) < 4.78 is 31.6. The first kappa shape index (κ1) is 21.8. The number of esters is 1. The summed E-state index contributed by atoms with van der Waals surface area (Å²) in [6.07, 6.45) is -1.04. The van der Waals surface area contributed by atoms with E-state index in [1.165, 1.54) is 30.9 Å². The molecule has 1 atom stereocenters. The molecule has 1 unspecified atom stereocenters. The van der Waals surface area contributed by atoms with E-state index in [-0.39, 0.29) is 16.7 Å². The third kappa shape index (κ3) is 5.77. The first-order chi connectivity index (χ1) is 13.1. The van der Waals surface area contributed by atoms with Crippen molar-refractivity contribution in [3.63, 3.8) is 0 Å². The molecule has 1 saturated heterocycles. The van der Waals surface area contributed by atoms with E-state index in [1.807, 2.05) is 6.92 Å². The van der Waals surface area contributed by atoms with Crippen molar-refractivity contribution in [2.45, 2.75) is 31.8 Å². The number of sulfonamides is 1. The number of benzene rings is 1. The van der Waals surface area contributed by atoms with E-state index >= 15 is 0 Å². The second-order valence-electron chi connectivity index (χ2n) is 6.60. The fraction of sp³-hybridized carbons (Fsp3) is 0.500. The Morgan fingerprint density at radius 1 is 1.07 bits per heavy atom. The molecular formula is C18H25N3O6S. The molecule has 0 spiro atoms. The van der Waals surface area contributed by atoms with Crippen LogP contribution in [0.2, 0.25) is 0 Å². The Morgan fingerprint density at radius 2 is 1.61 bits per heavy atom. The van der Waals surface area contributed by atoms with E-state index in [4.69, 9.17) is 4.74 Å². The molecule has 10 heteroatoms. The zero-order valence-corrected chi connectivity index (χ0v) is 17.0. The molecule has 1 aromatic carbocycles. The van der Waals surface area contributed by atoms with Crippen LogP contribution in [-0.4, -0.2) is 74.8 Å². The van der Waals surface area contributed by atoms with Gasteiger partial charge in [0.2, 0.25) is 15.9 Å². The van der Waals surface area contributed by atoms with Crippen LogP contribution in [0, 0.1) is 6.92 Å². The number of rotatable bonds is 6. The van der Waals surface area contributed by atoms with E-state index in [2.05, 4.69) is 4.72 Å². The van der Waals surface area contributed by atoms with Crippen molar-refractivity contribution >= 4 is 27.8 Å². The Balaban J connectivity index is 1.83. The normalized spacial score (nSPS) is 15.8. The lowest BCUT2D eigenvalue weighted by Gasteiger charge is -2.35. The van der Waals surface area contributed by atoms with Gasteiger partial charge in [-0.05, 0) is 26.0 Å². The van der Waals surface area contributed by atoms with Gasteiger partial charge < -0.3 is 14.5 Å². The second-order valence-corrected chi connectivity index (χ2v) is 8.37. The van der Waals surface area contributed by atoms with Crippen LogP contribution < -0.4 is 4.72 Å². The Hall–Kier alpha value is -2.46. The van der Waals surface area contributed by atoms with Crippen LogP contribution in [0.25, 0.3) is 0 Å². The standard InChI is InChI=1S/C18H25N3O6S/c1-13-4-6-16(7-5-13)28(25,26)19-12-17(23)27-14(2)18(24)21-10-8-20(9-11-21)15(3)22/h4-7,14,19H,8-12H2,1-3H3. The van der Waals surface area contributed by atoms with Gasteiger partial charge in [0.25, 0.3) is 5.91 Å². The van der Waals surface area contributed by atoms with Crippen molar-refractivity contribution in [1.82, 2.24) is 14.5 Å². The maximum Gasteiger partial charge on any atom is 0.321 e. The molecule has 154 valence electrons. The van der Waals surface area contributed by atoms with Crippen molar-refractivity contribution in [2.24, 2.45) is 0 Å². The third-order valence-electron chi connectivity index (χ3n) is 4.43. The molecule has 1 heterocycles. The molecule has 2 rings (SSSR count). The highest BCUT2D eigenvalue weighted by Gasteiger charge is 2.28. The van der Waals surface area contributed by atoms with Gasteiger partial charge in [0.1, 0.15) is 6.54 Å². The maximum atomic E-state index is 12.4. The molecule has 0 bridgehead atoms. The Kier molecular flexibility index (Phi) is 7.14. The number of carbonyl (C=O) groups excluding carboxylic acids is 3. The molecule has 1 aliphatic heterocycles. The smallest absolute Gasteiger partial charge is 0.321 e. The van der Waals surface area contributed by atoms with Gasteiger partial charge in [0.05, 0.1) is 4.90 Å². The molecule has 0 radical (unpaired) electrons. The summed E-state index contributed by atoms with van der Waals surface area (Å²) in [4.78, 5) is 38.8. The van der Waals surface area contributed by atoms with Crippen molar-refractivity contribution in [2.75, 3.05) is 32.7 Å². The fourth-order valence-electron chi connectivity index (χ4n) is 2.74. The predicted octanol–water partition coefficient (Wildman–Crippen LogP) is -0.104. The van der Waals surface area contributed by atoms with Crippen molar-refractivity contribution in [1.29, 1.82) is 0 Å². The van der Waals surface area contributed by atoms with E-state index in [1.54, 1.807) is 17.0 Å². The minimum atomic E-state index is -3.85. The molecule has 0 saturated carbocycles. The summed E-state index contributed by atoms with van der Waals surface area (Å²) in [5, 5.41) is 0. The van der Waals surface area contributed by atoms with Crippen LogP contribution in [0.15, 0.2) is 29.2 Å². The lowest BCUT2D eigenvalue weighted by atomic mass is 10.2. The number of aryl methyl sites for hydroxylation is 1. The van der Waals surface area contributed by atoms with Crippen LogP contribution in [0.5, 0.6) is 0 Å². The van der Waals surface area contributed by atoms with Gasteiger partial charge in [0, 0.05) is 33.1 Å². The third-order valence-corrected chi connectivity index (χ3v) is 5.85. The van der Waals surface area contributed by atoms with Gasteiger partial charge in [-0.3, -0.25) is 14.4 Å². The zero-order valence-electron chi connectivity index (χ0n) is 16.2. The Labute approximate surface area is 164 Å². The number of hydrogen-bond donors (Lipinski definition) is 1. The lowest BCUT2D eigenvalue weighted by Crippen LogP contribution is -2.52. The molecular weight excluding hydrogens is 386 g/mol. The van der Waals surface area contributed by atoms with Gasteiger partial charge in [-0.2, -0.15) is 4.72 Å². The number of piperazine rings is 1. The number of amides is 2. The van der Waals surface area contributed by atoms with E-state index in [9.17, 15) is 22.8 Å². The summed E-state index contributed by atoms with van der Waals surface area (Å²) in [6, 6.07) is 6.19. The second kappa shape index (κ2) is 9.16. The summed E-state index contributed by atoms with van der Waals surface area (Å²) >= 11 is 0. The summed E-state index contributed by atoms with van der Waals surface area (Å²) in [7, 11) is -3.85. The average molecular weight is 411 g/mol. The number of carbonyl (C=O) groups is 3. The Morgan fingerprint density at radius 3 is 2.14 bits per heavy atom. The van der Waals surface area contributed by atoms with E-state index in [0.29, 0.717) is 26.2 Å². The molecule has 0 aliphatic carbocycles. The summed E-state index contributed by atoms with van der Waals surface area (Å²) in [5.74, 6) is -1.27. The first-order valence-corrected chi connectivity index (χ1v) is 10.4. The lowest BCUT2D eigenvalue weighted by molar-refractivity contribution is -0.159. The average Bonchev–Trinajstić information content (AvgIpc) is 2.66. The van der Waals surface area contributed by atoms with Gasteiger partial charge in [-0.1, -0.05) is 17.7 Å². The number of nitrogens with zero attached hydrogens (tertiary/aromatic N) is 2. The van der Waals surface area contributed by atoms with Crippen LogP contribution in [0.3, 0.4) is 0 Å². The fourth-order valence-corrected chi connectivity index (χ4v) is 3.71. The van der Waals surface area contributed by atoms with Crippen molar-refractivity contribution in [3.8, 4) is 0 Å². The van der Waals surface area contributed by atoms with Crippen LogP contribution >= 0.6 is 0 Å². The largest absolute Gasteiger partial charge is 0.452 e. The number of hydrogen-bond acceptors (Lipinski definition) is 6. The number of ether oxygens (including phenoxy) is 1. The van der Waals surface area contributed by atoms with Crippen molar-refractivity contribution < 1.29 is 27.5 Å². The number of nitrogens with one attached hydrogen (secondary N) is 1. The first-order valence-electron chi connectivity index (χ1n) is 8.90. The molecule has 1 aliphatic rings. The van der Waals surface area contributed by atoms with Crippen LogP contribution in [0.1, 0.15) is 19.4 Å². The van der Waals surface area contributed by atoms with Crippen LogP contribution in [-0.2, 0) is 29.1 Å². The predicted molar refractivity (Wildman–Crippen MR) is 101 cm³/mol. The molecule has 0 aromatic heterocycles. The summed E-state index contributed by atoms with van der Waals surface area (Å²) in [5.41, 5.74) is 0.912. The van der Waals surface area contributed by atoms with E-state index < -0.39 is 28.6 Å². The minimum Gasteiger partial charge on any atom is -0.452 e. The molecule has 1 aromatic rings. The van der Waals surface area contributed by atoms with Gasteiger partial charge in [0.15, 0.2) is 6.10 Å².